The number of carbonyl (C=O) groups is 1. The normalized spacial score (nSPS) is 11.6. The maximum Gasteiger partial charge on any atom is 0.283 e. The van der Waals surface area contributed by atoms with Crippen molar-refractivity contribution < 1.29 is 18.5 Å². The molecule has 0 bridgehead atoms. The van der Waals surface area contributed by atoms with E-state index in [4.69, 9.17) is 4.42 Å². The van der Waals surface area contributed by atoms with Gasteiger partial charge in [0.25, 0.3) is 5.69 Å². The Bertz CT molecular complexity index is 1130. The van der Waals surface area contributed by atoms with Crippen molar-refractivity contribution in [3.63, 3.8) is 0 Å². The van der Waals surface area contributed by atoms with E-state index in [-0.39, 0.29) is 34.8 Å². The molecule has 1 heterocycles. The molecule has 0 spiro atoms. The van der Waals surface area contributed by atoms with Gasteiger partial charge in [0.1, 0.15) is 17.3 Å². The molecule has 0 aliphatic carbocycles. The van der Waals surface area contributed by atoms with Crippen LogP contribution in [-0.4, -0.2) is 17.0 Å². The highest BCUT2D eigenvalue weighted by Gasteiger charge is 2.19. The van der Waals surface area contributed by atoms with Gasteiger partial charge in [-0.05, 0) is 40.8 Å². The first-order valence-corrected chi connectivity index (χ1v) is 9.59. The lowest BCUT2D eigenvalue weighted by Gasteiger charge is -2.19. The van der Waals surface area contributed by atoms with Crippen LogP contribution in [0.3, 0.4) is 0 Å². The van der Waals surface area contributed by atoms with E-state index >= 15 is 0 Å². The fourth-order valence-corrected chi connectivity index (χ4v) is 2.95. The number of hydrogen-bond acceptors (Lipinski definition) is 5. The Morgan fingerprint density at radius 1 is 1.16 bits per heavy atom. The number of amides is 1. The maximum atomic E-state index is 13.3. The second-order valence-electron chi connectivity index (χ2n) is 8.04. The van der Waals surface area contributed by atoms with E-state index in [1.54, 1.807) is 6.07 Å². The fourth-order valence-electron chi connectivity index (χ4n) is 2.95. The predicted octanol–water partition coefficient (Wildman–Crippen LogP) is 4.98. The highest BCUT2D eigenvalue weighted by atomic mass is 19.1. The summed E-state index contributed by atoms with van der Waals surface area (Å²) in [5, 5.41) is 15.0. The summed E-state index contributed by atoms with van der Waals surface area (Å²) in [6, 6.07) is 14.1. The van der Waals surface area contributed by atoms with Crippen LogP contribution in [0.5, 0.6) is 0 Å². The average Bonchev–Trinajstić information content (AvgIpc) is 3.16. The molecule has 8 heteroatoms. The third kappa shape index (κ3) is 5.63. The van der Waals surface area contributed by atoms with Crippen LogP contribution in [0.25, 0.3) is 11.3 Å². The van der Waals surface area contributed by atoms with Crippen molar-refractivity contribution in [3.05, 3.63) is 87.4 Å². The topological polar surface area (TPSA) is 97.7 Å². The van der Waals surface area contributed by atoms with Gasteiger partial charge >= 0.3 is 0 Å². The summed E-state index contributed by atoms with van der Waals surface area (Å²) in [6.45, 7) is 6.37. The number of hydrazone groups is 1. The van der Waals surface area contributed by atoms with Crippen molar-refractivity contribution in [1.82, 2.24) is 5.43 Å². The summed E-state index contributed by atoms with van der Waals surface area (Å²) in [5.41, 5.74) is 4.26. The Morgan fingerprint density at radius 3 is 2.52 bits per heavy atom. The highest BCUT2D eigenvalue weighted by Crippen LogP contribution is 2.31. The van der Waals surface area contributed by atoms with Gasteiger partial charge in [-0.1, -0.05) is 45.0 Å². The minimum atomic E-state index is -0.709. The van der Waals surface area contributed by atoms with E-state index < -0.39 is 16.4 Å². The molecule has 0 saturated heterocycles. The smallest absolute Gasteiger partial charge is 0.283 e. The molecule has 1 amide bonds. The summed E-state index contributed by atoms with van der Waals surface area (Å²) < 4.78 is 18.8. The molecule has 0 saturated carbocycles. The zero-order valence-corrected chi connectivity index (χ0v) is 17.4. The van der Waals surface area contributed by atoms with E-state index in [1.807, 2.05) is 24.3 Å². The molecule has 3 aromatic rings. The summed E-state index contributed by atoms with van der Waals surface area (Å²) >= 11 is 0. The molecule has 0 fully saturated rings. The largest absolute Gasteiger partial charge is 0.455 e. The molecule has 0 aliphatic rings. The molecule has 0 atom stereocenters. The van der Waals surface area contributed by atoms with Gasteiger partial charge in [0, 0.05) is 0 Å². The molecule has 2 aromatic carbocycles. The second kappa shape index (κ2) is 8.91. The first kappa shape index (κ1) is 21.9. The second-order valence-corrected chi connectivity index (χ2v) is 8.04. The molecule has 0 unspecified atom stereocenters. The molecule has 160 valence electrons. The number of benzene rings is 2. The van der Waals surface area contributed by atoms with Crippen LogP contribution in [0.15, 0.2) is 64.1 Å². The first-order chi connectivity index (χ1) is 14.6. The van der Waals surface area contributed by atoms with Crippen LogP contribution in [-0.2, 0) is 16.6 Å². The van der Waals surface area contributed by atoms with Crippen LogP contribution < -0.4 is 5.43 Å². The van der Waals surface area contributed by atoms with E-state index in [0.29, 0.717) is 0 Å². The standard InChI is InChI=1S/C23H22FN3O4/c1-23(2,3)16-6-4-15(5-7-16)12-22(28)26-25-14-18-9-11-21(31-18)19-10-8-17(24)13-20(19)27(29)30/h4-11,13-14H,12H2,1-3H3,(H,26,28)/b25-14-. The monoisotopic (exact) mass is 423 g/mol. The molecule has 0 radical (unpaired) electrons. The van der Waals surface area contributed by atoms with Crippen molar-refractivity contribution in [3.8, 4) is 11.3 Å². The number of hydrogen-bond donors (Lipinski definition) is 1. The number of halogens is 1. The third-order valence-corrected chi connectivity index (χ3v) is 4.61. The van der Waals surface area contributed by atoms with Crippen molar-refractivity contribution in [1.29, 1.82) is 0 Å². The Balaban J connectivity index is 1.62. The Kier molecular flexibility index (Phi) is 6.29. The predicted molar refractivity (Wildman–Crippen MR) is 115 cm³/mol. The molecular formula is C23H22FN3O4. The number of nitro benzene ring substituents is 1. The average molecular weight is 423 g/mol. The van der Waals surface area contributed by atoms with Crippen LogP contribution in [0.1, 0.15) is 37.7 Å². The molecule has 7 nitrogen and oxygen atoms in total. The van der Waals surface area contributed by atoms with Crippen molar-refractivity contribution in [2.24, 2.45) is 5.10 Å². The minimum Gasteiger partial charge on any atom is -0.455 e. The van der Waals surface area contributed by atoms with Gasteiger partial charge in [0.2, 0.25) is 5.91 Å². The summed E-state index contributed by atoms with van der Waals surface area (Å²) in [7, 11) is 0. The molecular weight excluding hydrogens is 401 g/mol. The third-order valence-electron chi connectivity index (χ3n) is 4.61. The van der Waals surface area contributed by atoms with Gasteiger partial charge in [-0.25, -0.2) is 9.82 Å². The quantitative estimate of drug-likeness (QED) is 0.343. The number of rotatable bonds is 6. The molecule has 1 N–H and O–H groups in total. The first-order valence-electron chi connectivity index (χ1n) is 9.59. The zero-order chi connectivity index (χ0) is 22.6. The van der Waals surface area contributed by atoms with Gasteiger partial charge in [-0.15, -0.1) is 0 Å². The number of nitro groups is 1. The van der Waals surface area contributed by atoms with E-state index in [2.05, 4.69) is 31.3 Å². The van der Waals surface area contributed by atoms with Crippen LogP contribution in [0.4, 0.5) is 10.1 Å². The number of nitrogens with one attached hydrogen (secondary N) is 1. The van der Waals surface area contributed by atoms with E-state index in [1.165, 1.54) is 23.9 Å². The van der Waals surface area contributed by atoms with E-state index in [9.17, 15) is 19.3 Å². The number of carbonyl (C=O) groups excluding carboxylic acids is 1. The zero-order valence-electron chi connectivity index (χ0n) is 17.4. The van der Waals surface area contributed by atoms with Crippen LogP contribution in [0, 0.1) is 15.9 Å². The van der Waals surface area contributed by atoms with Gasteiger partial charge in [0.05, 0.1) is 29.2 Å². The molecule has 31 heavy (non-hydrogen) atoms. The lowest BCUT2D eigenvalue weighted by Crippen LogP contribution is -2.20. The molecule has 3 rings (SSSR count). The maximum absolute atomic E-state index is 13.3. The number of furan rings is 1. The Morgan fingerprint density at radius 2 is 1.87 bits per heavy atom. The van der Waals surface area contributed by atoms with Crippen LogP contribution >= 0.6 is 0 Å². The highest BCUT2D eigenvalue weighted by molar-refractivity contribution is 5.82. The molecule has 1 aromatic heterocycles. The van der Waals surface area contributed by atoms with Crippen molar-refractivity contribution >= 4 is 17.8 Å². The van der Waals surface area contributed by atoms with Gasteiger partial charge < -0.3 is 4.42 Å². The van der Waals surface area contributed by atoms with E-state index in [0.717, 1.165) is 17.7 Å². The SMILES string of the molecule is CC(C)(C)c1ccc(CC(=O)N/N=C\c2ccc(-c3ccc(F)cc3[N+](=O)[O-])o2)cc1. The Hall–Kier alpha value is -3.81. The van der Waals surface area contributed by atoms with Gasteiger partial charge in [0.15, 0.2) is 0 Å². The number of nitrogens with zero attached hydrogens (tertiary/aromatic N) is 2. The minimum absolute atomic E-state index is 0.0430. The van der Waals surface area contributed by atoms with Gasteiger partial charge in [-0.3, -0.25) is 14.9 Å². The summed E-state index contributed by atoms with van der Waals surface area (Å²) in [5.74, 6) is -0.526. The van der Waals surface area contributed by atoms with Crippen molar-refractivity contribution in [2.45, 2.75) is 32.6 Å². The van der Waals surface area contributed by atoms with Crippen LogP contribution in [0.2, 0.25) is 0 Å². The van der Waals surface area contributed by atoms with Crippen molar-refractivity contribution in [2.75, 3.05) is 0 Å². The Labute approximate surface area is 178 Å². The summed E-state index contributed by atoms with van der Waals surface area (Å²) in [6.07, 6.45) is 1.46. The lowest BCUT2D eigenvalue weighted by atomic mass is 9.86. The van der Waals surface area contributed by atoms with Gasteiger partial charge in [-0.2, -0.15) is 5.10 Å². The summed E-state index contributed by atoms with van der Waals surface area (Å²) in [4.78, 5) is 22.6. The molecule has 0 aliphatic heterocycles. The lowest BCUT2D eigenvalue weighted by molar-refractivity contribution is -0.384. The fraction of sp³-hybridized carbons (Fsp3) is 0.217.